The fourth-order valence-electron chi connectivity index (χ4n) is 2.69. The standard InChI is InChI=1S/C16H18N2O4S2/c1-14-12-17(23(19,20)15-8-4-2-5-9-15)13-18(14)24(21,22)16-10-6-3-7-11-16/h2-11,14H,12-13H2,1H3/t14-/m1/s1. The van der Waals surface area contributed by atoms with Crippen LogP contribution in [0.2, 0.25) is 0 Å². The Labute approximate surface area is 142 Å². The molecule has 8 heteroatoms. The Hall–Kier alpha value is -1.74. The van der Waals surface area contributed by atoms with Gasteiger partial charge in [0.2, 0.25) is 20.0 Å². The SMILES string of the molecule is C[C@@H]1CN(S(=O)(=O)c2ccccc2)CN1S(=O)(=O)c1ccccc1. The second kappa shape index (κ2) is 6.29. The number of benzene rings is 2. The molecule has 0 saturated carbocycles. The quantitative estimate of drug-likeness (QED) is 0.826. The van der Waals surface area contributed by atoms with Crippen LogP contribution in [-0.4, -0.2) is 44.7 Å². The van der Waals surface area contributed by atoms with Crippen molar-refractivity contribution >= 4 is 20.0 Å². The third-order valence-corrected chi connectivity index (χ3v) is 7.76. The van der Waals surface area contributed by atoms with Gasteiger partial charge in [-0.1, -0.05) is 36.4 Å². The third-order valence-electron chi connectivity index (χ3n) is 3.99. The van der Waals surface area contributed by atoms with E-state index in [4.69, 9.17) is 0 Å². The summed E-state index contributed by atoms with van der Waals surface area (Å²) in [6, 6.07) is 15.6. The summed E-state index contributed by atoms with van der Waals surface area (Å²) in [5, 5.41) is 0. The van der Waals surface area contributed by atoms with E-state index in [0.717, 1.165) is 0 Å². The van der Waals surface area contributed by atoms with E-state index in [9.17, 15) is 16.8 Å². The molecule has 0 unspecified atom stereocenters. The average molecular weight is 366 g/mol. The molecule has 2 aromatic carbocycles. The van der Waals surface area contributed by atoms with E-state index in [1.54, 1.807) is 43.3 Å². The van der Waals surface area contributed by atoms with Gasteiger partial charge in [0.05, 0.1) is 16.5 Å². The predicted octanol–water partition coefficient (Wildman–Crippen LogP) is 1.73. The van der Waals surface area contributed by atoms with Crippen molar-refractivity contribution in [1.82, 2.24) is 8.61 Å². The van der Waals surface area contributed by atoms with Gasteiger partial charge >= 0.3 is 0 Å². The summed E-state index contributed by atoms with van der Waals surface area (Å²) >= 11 is 0. The van der Waals surface area contributed by atoms with E-state index in [2.05, 4.69) is 0 Å². The van der Waals surface area contributed by atoms with Crippen LogP contribution in [0.4, 0.5) is 0 Å². The number of nitrogens with zero attached hydrogens (tertiary/aromatic N) is 2. The van der Waals surface area contributed by atoms with E-state index >= 15 is 0 Å². The van der Waals surface area contributed by atoms with Gasteiger partial charge in [0.15, 0.2) is 0 Å². The molecule has 128 valence electrons. The van der Waals surface area contributed by atoms with Gasteiger partial charge in [-0.25, -0.2) is 16.8 Å². The van der Waals surface area contributed by atoms with E-state index in [1.807, 2.05) is 0 Å². The van der Waals surface area contributed by atoms with Gasteiger partial charge in [0, 0.05) is 12.6 Å². The molecule has 0 aliphatic carbocycles. The first kappa shape index (κ1) is 17.1. The average Bonchev–Trinajstić information content (AvgIpc) is 3.00. The van der Waals surface area contributed by atoms with Crippen LogP contribution >= 0.6 is 0 Å². The number of hydrogen-bond donors (Lipinski definition) is 0. The van der Waals surface area contributed by atoms with E-state index < -0.39 is 26.1 Å². The molecule has 0 radical (unpaired) electrons. The molecule has 1 aliphatic rings. The van der Waals surface area contributed by atoms with Gasteiger partial charge in [-0.15, -0.1) is 0 Å². The van der Waals surface area contributed by atoms with Crippen LogP contribution in [-0.2, 0) is 20.0 Å². The molecular formula is C16H18N2O4S2. The normalized spacial score (nSPS) is 20.3. The number of hydrogen-bond acceptors (Lipinski definition) is 4. The first-order valence-corrected chi connectivity index (χ1v) is 10.3. The summed E-state index contributed by atoms with van der Waals surface area (Å²) in [6.07, 6.45) is 0. The monoisotopic (exact) mass is 366 g/mol. The Kier molecular flexibility index (Phi) is 4.48. The summed E-state index contributed by atoms with van der Waals surface area (Å²) in [7, 11) is -7.46. The van der Waals surface area contributed by atoms with Gasteiger partial charge < -0.3 is 0 Å². The highest BCUT2D eigenvalue weighted by molar-refractivity contribution is 7.90. The largest absolute Gasteiger partial charge is 0.244 e. The Balaban J connectivity index is 1.91. The van der Waals surface area contributed by atoms with E-state index in [0.29, 0.717) is 0 Å². The minimum atomic E-state index is -3.74. The van der Waals surface area contributed by atoms with Crippen LogP contribution in [0.3, 0.4) is 0 Å². The summed E-state index contributed by atoms with van der Waals surface area (Å²) < 4.78 is 53.3. The van der Waals surface area contributed by atoms with Gasteiger partial charge in [-0.3, -0.25) is 0 Å². The lowest BCUT2D eigenvalue weighted by molar-refractivity contribution is 0.390. The fourth-order valence-corrected chi connectivity index (χ4v) is 5.86. The van der Waals surface area contributed by atoms with Gasteiger partial charge in [-0.05, 0) is 31.2 Å². The van der Waals surface area contributed by atoms with Crippen molar-refractivity contribution in [3.05, 3.63) is 60.7 Å². The zero-order chi connectivity index (χ0) is 17.4. The lowest BCUT2D eigenvalue weighted by Crippen LogP contribution is -2.36. The Bertz CT molecular complexity index is 913. The minimum absolute atomic E-state index is 0.128. The first-order valence-electron chi connectivity index (χ1n) is 7.45. The highest BCUT2D eigenvalue weighted by atomic mass is 32.2. The maximum atomic E-state index is 12.8. The molecule has 1 atom stereocenters. The summed E-state index contributed by atoms with van der Waals surface area (Å²) in [5.74, 6) is 0. The maximum Gasteiger partial charge on any atom is 0.244 e. The summed E-state index contributed by atoms with van der Waals surface area (Å²) in [5.41, 5.74) is 0. The van der Waals surface area contributed by atoms with Crippen molar-refractivity contribution in [2.45, 2.75) is 22.8 Å². The topological polar surface area (TPSA) is 74.8 Å². The highest BCUT2D eigenvalue weighted by Crippen LogP contribution is 2.27. The maximum absolute atomic E-state index is 12.8. The molecule has 0 amide bonds. The lowest BCUT2D eigenvalue weighted by atomic mass is 10.4. The lowest BCUT2D eigenvalue weighted by Gasteiger charge is -2.20. The van der Waals surface area contributed by atoms with Crippen LogP contribution in [0.25, 0.3) is 0 Å². The molecule has 24 heavy (non-hydrogen) atoms. The van der Waals surface area contributed by atoms with Crippen LogP contribution in [0.15, 0.2) is 70.5 Å². The number of rotatable bonds is 4. The molecule has 1 fully saturated rings. The first-order chi connectivity index (χ1) is 11.3. The van der Waals surface area contributed by atoms with Crippen LogP contribution in [0.5, 0.6) is 0 Å². The fraction of sp³-hybridized carbons (Fsp3) is 0.250. The van der Waals surface area contributed by atoms with Gasteiger partial charge in [-0.2, -0.15) is 8.61 Å². The van der Waals surface area contributed by atoms with Crippen LogP contribution in [0.1, 0.15) is 6.92 Å². The van der Waals surface area contributed by atoms with Crippen LogP contribution < -0.4 is 0 Å². The minimum Gasteiger partial charge on any atom is -0.207 e. The van der Waals surface area contributed by atoms with Crippen molar-refractivity contribution in [3.8, 4) is 0 Å². The summed E-state index contributed by atoms with van der Waals surface area (Å²) in [6.45, 7) is 1.65. The van der Waals surface area contributed by atoms with Crippen molar-refractivity contribution in [2.75, 3.05) is 13.2 Å². The Morgan fingerprint density at radius 3 is 1.75 bits per heavy atom. The molecule has 0 spiro atoms. The van der Waals surface area contributed by atoms with Gasteiger partial charge in [0.1, 0.15) is 0 Å². The molecule has 3 rings (SSSR count). The smallest absolute Gasteiger partial charge is 0.207 e. The predicted molar refractivity (Wildman–Crippen MR) is 90.1 cm³/mol. The van der Waals surface area contributed by atoms with Crippen molar-refractivity contribution < 1.29 is 16.8 Å². The molecule has 1 aliphatic heterocycles. The van der Waals surface area contributed by atoms with Crippen molar-refractivity contribution in [2.24, 2.45) is 0 Å². The van der Waals surface area contributed by atoms with Crippen molar-refractivity contribution in [1.29, 1.82) is 0 Å². The molecule has 0 bridgehead atoms. The molecule has 0 aromatic heterocycles. The highest BCUT2D eigenvalue weighted by Gasteiger charge is 2.41. The third kappa shape index (κ3) is 2.98. The molecular weight excluding hydrogens is 348 g/mol. The van der Waals surface area contributed by atoms with E-state index in [-0.39, 0.29) is 23.0 Å². The Morgan fingerprint density at radius 2 is 1.25 bits per heavy atom. The second-order valence-electron chi connectivity index (χ2n) is 5.65. The Morgan fingerprint density at radius 1 is 0.792 bits per heavy atom. The molecule has 2 aromatic rings. The van der Waals surface area contributed by atoms with Gasteiger partial charge in [0.25, 0.3) is 0 Å². The second-order valence-corrected chi connectivity index (χ2v) is 9.48. The molecule has 6 nitrogen and oxygen atoms in total. The zero-order valence-electron chi connectivity index (χ0n) is 13.1. The molecule has 1 saturated heterocycles. The molecule has 1 heterocycles. The zero-order valence-corrected chi connectivity index (χ0v) is 14.7. The van der Waals surface area contributed by atoms with Crippen molar-refractivity contribution in [3.63, 3.8) is 0 Å². The summed E-state index contributed by atoms with van der Waals surface area (Å²) in [4.78, 5) is 0.326. The number of sulfonamides is 2. The van der Waals surface area contributed by atoms with Crippen LogP contribution in [0, 0.1) is 0 Å². The molecule has 0 N–H and O–H groups in total. The van der Waals surface area contributed by atoms with E-state index in [1.165, 1.54) is 32.9 Å².